The van der Waals surface area contributed by atoms with Gasteiger partial charge in [-0.05, 0) is 92.8 Å². The van der Waals surface area contributed by atoms with Crippen LogP contribution in [0.1, 0.15) is 70.5 Å². The van der Waals surface area contributed by atoms with Gasteiger partial charge in [0.05, 0.1) is 30.3 Å². The number of aromatic nitrogens is 2. The van der Waals surface area contributed by atoms with Crippen molar-refractivity contribution in [2.45, 2.75) is 70.3 Å². The van der Waals surface area contributed by atoms with Crippen molar-refractivity contribution in [1.29, 1.82) is 5.26 Å². The number of carbonyl (C=O) groups is 1. The van der Waals surface area contributed by atoms with Gasteiger partial charge in [-0.2, -0.15) is 5.26 Å². The number of hydrogen-bond donors (Lipinski definition) is 2. The SMILES string of the molecule is COC[C@@]1(O)CC[C@H]2[C@H](CC[C@@H]3[C@@H]2CC[C@]2(C)[C@@H](C(=O)Nc4cnc(C#N)nc4)CC[C@@H]32)C1. The van der Waals surface area contributed by atoms with E-state index in [9.17, 15) is 9.90 Å². The Morgan fingerprint density at radius 2 is 1.91 bits per heavy atom. The lowest BCUT2D eigenvalue weighted by Gasteiger charge is -2.57. The summed E-state index contributed by atoms with van der Waals surface area (Å²) >= 11 is 0. The van der Waals surface area contributed by atoms with E-state index < -0.39 is 5.60 Å². The molecule has 0 saturated heterocycles. The van der Waals surface area contributed by atoms with Crippen LogP contribution in [0.5, 0.6) is 0 Å². The van der Waals surface area contributed by atoms with E-state index in [1.54, 1.807) is 7.11 Å². The molecule has 4 saturated carbocycles. The number of hydrogen-bond acceptors (Lipinski definition) is 6. The fraction of sp³-hybridized carbons (Fsp3) is 0.769. The summed E-state index contributed by atoms with van der Waals surface area (Å²) in [4.78, 5) is 21.2. The Morgan fingerprint density at radius 1 is 1.15 bits per heavy atom. The zero-order valence-electron chi connectivity index (χ0n) is 19.8. The second kappa shape index (κ2) is 8.63. The maximum atomic E-state index is 13.3. The molecule has 33 heavy (non-hydrogen) atoms. The Labute approximate surface area is 196 Å². The predicted molar refractivity (Wildman–Crippen MR) is 123 cm³/mol. The third-order valence-corrected chi connectivity index (χ3v) is 9.85. The zero-order chi connectivity index (χ0) is 23.2. The Kier molecular flexibility index (Phi) is 5.95. The number of methoxy groups -OCH3 is 1. The number of fused-ring (bicyclic) bond motifs is 5. The van der Waals surface area contributed by atoms with E-state index in [4.69, 9.17) is 10.00 Å². The molecular weight excluding hydrogens is 416 g/mol. The molecule has 7 nitrogen and oxygen atoms in total. The zero-order valence-corrected chi connectivity index (χ0v) is 19.8. The van der Waals surface area contributed by atoms with Crippen LogP contribution in [-0.2, 0) is 9.53 Å². The van der Waals surface area contributed by atoms with Crippen LogP contribution >= 0.6 is 0 Å². The number of anilines is 1. The fourth-order valence-electron chi connectivity index (χ4n) is 8.47. The van der Waals surface area contributed by atoms with Crippen LogP contribution in [0, 0.1) is 52.3 Å². The van der Waals surface area contributed by atoms with Gasteiger partial charge >= 0.3 is 0 Å². The van der Waals surface area contributed by atoms with Gasteiger partial charge in [0.1, 0.15) is 6.07 Å². The van der Waals surface area contributed by atoms with Crippen molar-refractivity contribution >= 4 is 11.6 Å². The van der Waals surface area contributed by atoms with E-state index >= 15 is 0 Å². The molecule has 1 heterocycles. The first-order valence-electron chi connectivity index (χ1n) is 12.6. The van der Waals surface area contributed by atoms with E-state index in [2.05, 4.69) is 22.2 Å². The lowest BCUT2D eigenvalue weighted by atomic mass is 9.49. The summed E-state index contributed by atoms with van der Waals surface area (Å²) in [7, 11) is 1.68. The summed E-state index contributed by atoms with van der Waals surface area (Å²) in [6.45, 7) is 2.80. The molecule has 7 heteroatoms. The highest BCUT2D eigenvalue weighted by Gasteiger charge is 2.59. The first kappa shape index (κ1) is 22.7. The molecule has 2 N–H and O–H groups in total. The van der Waals surface area contributed by atoms with Gasteiger partial charge in [0, 0.05) is 13.0 Å². The first-order valence-corrected chi connectivity index (χ1v) is 12.6. The van der Waals surface area contributed by atoms with Crippen molar-refractivity contribution in [2.75, 3.05) is 19.0 Å². The molecule has 1 aromatic rings. The minimum Gasteiger partial charge on any atom is -0.387 e. The predicted octanol–water partition coefficient (Wildman–Crippen LogP) is 3.93. The maximum absolute atomic E-state index is 13.3. The van der Waals surface area contributed by atoms with Gasteiger partial charge in [0.2, 0.25) is 11.7 Å². The molecule has 4 aliphatic carbocycles. The highest BCUT2D eigenvalue weighted by Crippen LogP contribution is 2.64. The Bertz CT molecular complexity index is 930. The minimum atomic E-state index is -0.641. The smallest absolute Gasteiger partial charge is 0.232 e. The Hall–Kier alpha value is -2.04. The molecule has 4 aliphatic rings. The molecule has 4 fully saturated rings. The highest BCUT2D eigenvalue weighted by atomic mass is 16.5. The van der Waals surface area contributed by atoms with Crippen molar-refractivity contribution in [3.8, 4) is 6.07 Å². The van der Waals surface area contributed by atoms with Crippen LogP contribution < -0.4 is 5.32 Å². The largest absolute Gasteiger partial charge is 0.387 e. The molecule has 1 aromatic heterocycles. The van der Waals surface area contributed by atoms with Crippen molar-refractivity contribution < 1.29 is 14.6 Å². The van der Waals surface area contributed by atoms with Crippen LogP contribution in [0.3, 0.4) is 0 Å². The quantitative estimate of drug-likeness (QED) is 0.716. The summed E-state index contributed by atoms with van der Waals surface area (Å²) in [5, 5.41) is 22.9. The van der Waals surface area contributed by atoms with Crippen LogP contribution in [0.4, 0.5) is 5.69 Å². The number of aliphatic hydroxyl groups is 1. The normalized spacial score (nSPS) is 41.9. The average molecular weight is 453 g/mol. The topological polar surface area (TPSA) is 108 Å². The van der Waals surface area contributed by atoms with E-state index in [1.807, 2.05) is 6.07 Å². The molecule has 0 aromatic carbocycles. The second-order valence-corrected chi connectivity index (χ2v) is 11.4. The third-order valence-electron chi connectivity index (χ3n) is 9.85. The van der Waals surface area contributed by atoms with E-state index in [-0.39, 0.29) is 23.1 Å². The highest BCUT2D eigenvalue weighted by molar-refractivity contribution is 5.93. The number of nitrogens with zero attached hydrogens (tertiary/aromatic N) is 3. The molecule has 1 amide bonds. The molecule has 0 spiro atoms. The second-order valence-electron chi connectivity index (χ2n) is 11.4. The lowest BCUT2D eigenvalue weighted by Crippen LogP contribution is -2.52. The molecule has 178 valence electrons. The van der Waals surface area contributed by atoms with Gasteiger partial charge < -0.3 is 15.2 Å². The number of ether oxygens (including phenoxy) is 1. The van der Waals surface area contributed by atoms with E-state index in [1.165, 1.54) is 31.7 Å². The maximum Gasteiger partial charge on any atom is 0.232 e. The van der Waals surface area contributed by atoms with E-state index in [0.29, 0.717) is 36.0 Å². The van der Waals surface area contributed by atoms with Crippen LogP contribution in [0.2, 0.25) is 0 Å². The van der Waals surface area contributed by atoms with Crippen molar-refractivity contribution in [1.82, 2.24) is 9.97 Å². The number of amides is 1. The Morgan fingerprint density at radius 3 is 2.64 bits per heavy atom. The molecule has 0 bridgehead atoms. The molecule has 0 unspecified atom stereocenters. The van der Waals surface area contributed by atoms with Crippen molar-refractivity contribution in [2.24, 2.45) is 40.9 Å². The van der Waals surface area contributed by atoms with Gasteiger partial charge in [0.15, 0.2) is 0 Å². The number of nitrogens with one attached hydrogen (secondary N) is 1. The minimum absolute atomic E-state index is 0.00923. The molecule has 5 rings (SSSR count). The summed E-state index contributed by atoms with van der Waals surface area (Å²) in [6.07, 6.45) is 12.7. The third kappa shape index (κ3) is 3.95. The van der Waals surface area contributed by atoms with Crippen molar-refractivity contribution in [3.05, 3.63) is 18.2 Å². The fourth-order valence-corrected chi connectivity index (χ4v) is 8.47. The molecule has 0 aliphatic heterocycles. The molecule has 8 atom stereocenters. The number of nitriles is 1. The number of carbonyl (C=O) groups excluding carboxylic acids is 1. The van der Waals surface area contributed by atoms with Gasteiger partial charge in [-0.15, -0.1) is 0 Å². The van der Waals surface area contributed by atoms with Crippen molar-refractivity contribution in [3.63, 3.8) is 0 Å². The Balaban J connectivity index is 1.27. The van der Waals surface area contributed by atoms with E-state index in [0.717, 1.165) is 44.4 Å². The first-order chi connectivity index (χ1) is 15.9. The van der Waals surface area contributed by atoms with Gasteiger partial charge in [0.25, 0.3) is 0 Å². The van der Waals surface area contributed by atoms with Gasteiger partial charge in [-0.25, -0.2) is 9.97 Å². The standard InChI is InChI=1S/C26H36N4O3/c1-25-9-7-19-18-8-10-26(32,15-33-2)11-16(18)3-4-20(19)21(25)5-6-22(25)24(31)30-17-13-28-23(12-27)29-14-17/h13-14,16,18-22,32H,3-11,15H2,1-2H3,(H,30,31)/t16-,18+,19-,20-,21+,22-,25+,26-/m1/s1. The summed E-state index contributed by atoms with van der Waals surface area (Å²) in [5.74, 6) is 3.56. The summed E-state index contributed by atoms with van der Waals surface area (Å²) < 4.78 is 5.32. The lowest BCUT2D eigenvalue weighted by molar-refractivity contribution is -0.134. The summed E-state index contributed by atoms with van der Waals surface area (Å²) in [5.41, 5.74) is -0.0414. The molecular formula is C26H36N4O3. The van der Waals surface area contributed by atoms with Crippen LogP contribution in [0.25, 0.3) is 0 Å². The number of rotatable bonds is 4. The van der Waals surface area contributed by atoms with Gasteiger partial charge in [-0.1, -0.05) is 6.92 Å². The summed E-state index contributed by atoms with van der Waals surface area (Å²) in [6, 6.07) is 1.91. The van der Waals surface area contributed by atoms with Crippen LogP contribution in [-0.4, -0.2) is 40.3 Å². The molecule has 0 radical (unpaired) electrons. The van der Waals surface area contributed by atoms with Crippen LogP contribution in [0.15, 0.2) is 12.4 Å². The average Bonchev–Trinajstić information content (AvgIpc) is 3.16. The van der Waals surface area contributed by atoms with Gasteiger partial charge in [-0.3, -0.25) is 4.79 Å². The monoisotopic (exact) mass is 452 g/mol.